The van der Waals surface area contributed by atoms with E-state index in [0.29, 0.717) is 6.42 Å². The van der Waals surface area contributed by atoms with E-state index in [4.69, 9.17) is 5.11 Å². The number of hydrogen-bond acceptors (Lipinski definition) is 3. The number of aliphatic hydroxyl groups is 1. The first kappa shape index (κ1) is 10.4. The molecule has 0 heterocycles. The highest BCUT2D eigenvalue weighted by Gasteiger charge is 1.99. The Morgan fingerprint density at radius 3 is 2.82 bits per heavy atom. The van der Waals surface area contributed by atoms with Gasteiger partial charge in [0.05, 0.1) is 6.10 Å². The van der Waals surface area contributed by atoms with Gasteiger partial charge in [-0.1, -0.05) is 6.92 Å². The highest BCUT2D eigenvalue weighted by atomic mass is 16.7. The van der Waals surface area contributed by atoms with E-state index in [9.17, 15) is 4.79 Å². The monoisotopic (exact) mass is 161 g/mol. The van der Waals surface area contributed by atoms with Gasteiger partial charge in [0.2, 0.25) is 5.91 Å². The summed E-state index contributed by atoms with van der Waals surface area (Å²) in [4.78, 5) is 15.4. The van der Waals surface area contributed by atoms with Crippen molar-refractivity contribution >= 4 is 5.91 Å². The van der Waals surface area contributed by atoms with Gasteiger partial charge >= 0.3 is 0 Å². The first-order valence-corrected chi connectivity index (χ1v) is 3.75. The minimum atomic E-state index is -0.545. The van der Waals surface area contributed by atoms with E-state index >= 15 is 0 Å². The summed E-state index contributed by atoms with van der Waals surface area (Å²) in [5.41, 5.74) is 2.22. The van der Waals surface area contributed by atoms with Gasteiger partial charge < -0.3 is 5.11 Å². The largest absolute Gasteiger partial charge is 0.391 e. The molecule has 2 N–H and O–H groups in total. The average molecular weight is 161 g/mol. The molecule has 0 rings (SSSR count). The Kier molecular flexibility index (Phi) is 5.78. The van der Waals surface area contributed by atoms with Crippen LogP contribution in [0, 0.1) is 0 Å². The summed E-state index contributed by atoms with van der Waals surface area (Å²) in [6, 6.07) is 0. The van der Waals surface area contributed by atoms with E-state index in [1.165, 1.54) is 0 Å². The summed E-state index contributed by atoms with van der Waals surface area (Å²) in [6.07, 6.45) is 0.709. The van der Waals surface area contributed by atoms with Crippen molar-refractivity contribution in [2.24, 2.45) is 0 Å². The molecular weight excluding hydrogens is 146 g/mol. The summed E-state index contributed by atoms with van der Waals surface area (Å²) in [5.74, 6) is -0.145. The zero-order chi connectivity index (χ0) is 8.69. The molecular formula is C7H15NO3. The maximum absolute atomic E-state index is 10.7. The molecule has 11 heavy (non-hydrogen) atoms. The summed E-state index contributed by atoms with van der Waals surface area (Å²) in [5, 5.41) is 8.72. The molecule has 0 spiro atoms. The van der Waals surface area contributed by atoms with Gasteiger partial charge in [0, 0.05) is 6.42 Å². The molecule has 0 saturated carbocycles. The van der Waals surface area contributed by atoms with E-state index in [1.54, 1.807) is 6.92 Å². The third-order valence-corrected chi connectivity index (χ3v) is 0.988. The quantitative estimate of drug-likeness (QED) is 0.567. The van der Waals surface area contributed by atoms with Gasteiger partial charge in [0.25, 0.3) is 0 Å². The third-order valence-electron chi connectivity index (χ3n) is 0.988. The number of hydroxylamine groups is 1. The van der Waals surface area contributed by atoms with Crippen LogP contribution < -0.4 is 5.48 Å². The molecule has 0 unspecified atom stereocenters. The van der Waals surface area contributed by atoms with Gasteiger partial charge in [0.1, 0.15) is 6.61 Å². The van der Waals surface area contributed by atoms with Crippen molar-refractivity contribution in [3.05, 3.63) is 0 Å². The molecule has 0 bridgehead atoms. The summed E-state index contributed by atoms with van der Waals surface area (Å²) >= 11 is 0. The highest BCUT2D eigenvalue weighted by Crippen LogP contribution is 1.86. The molecule has 0 aromatic heterocycles. The lowest BCUT2D eigenvalue weighted by Crippen LogP contribution is -2.26. The van der Waals surface area contributed by atoms with Gasteiger partial charge in [-0.3, -0.25) is 9.63 Å². The Balaban J connectivity index is 3.17. The van der Waals surface area contributed by atoms with Crippen molar-refractivity contribution in [3.8, 4) is 0 Å². The molecule has 0 fully saturated rings. The molecule has 1 amide bonds. The summed E-state index contributed by atoms with van der Waals surface area (Å²) in [7, 11) is 0. The molecule has 0 aromatic rings. The smallest absolute Gasteiger partial charge is 0.243 e. The number of hydrogen-bond donors (Lipinski definition) is 2. The minimum Gasteiger partial charge on any atom is -0.391 e. The number of amides is 1. The number of carbonyl (C=O) groups is 1. The van der Waals surface area contributed by atoms with Crippen molar-refractivity contribution in [2.45, 2.75) is 32.8 Å². The first-order valence-electron chi connectivity index (χ1n) is 3.75. The second kappa shape index (κ2) is 6.12. The third kappa shape index (κ3) is 7.29. The molecule has 0 saturated heterocycles. The molecule has 0 aliphatic heterocycles. The Morgan fingerprint density at radius 2 is 2.36 bits per heavy atom. The Bertz CT molecular complexity index is 114. The average Bonchev–Trinajstić information content (AvgIpc) is 1.87. The van der Waals surface area contributed by atoms with E-state index in [-0.39, 0.29) is 12.5 Å². The predicted octanol–water partition coefficient (Wildman–Crippen LogP) is 0.215. The number of rotatable bonds is 5. The summed E-state index contributed by atoms with van der Waals surface area (Å²) in [6.45, 7) is 3.63. The van der Waals surface area contributed by atoms with Crippen LogP contribution in [0.1, 0.15) is 26.7 Å². The predicted molar refractivity (Wildman–Crippen MR) is 40.7 cm³/mol. The molecule has 0 aromatic carbocycles. The first-order chi connectivity index (χ1) is 5.16. The van der Waals surface area contributed by atoms with Crippen LogP contribution in [0.5, 0.6) is 0 Å². The van der Waals surface area contributed by atoms with Crippen LogP contribution in [0.25, 0.3) is 0 Å². The van der Waals surface area contributed by atoms with Crippen molar-refractivity contribution < 1.29 is 14.7 Å². The van der Waals surface area contributed by atoms with Crippen LogP contribution in [-0.4, -0.2) is 23.7 Å². The van der Waals surface area contributed by atoms with Crippen LogP contribution in [-0.2, 0) is 9.63 Å². The fourth-order valence-corrected chi connectivity index (χ4v) is 0.521. The fraction of sp³-hybridized carbons (Fsp3) is 0.857. The van der Waals surface area contributed by atoms with Crippen LogP contribution in [0.15, 0.2) is 0 Å². The maximum atomic E-state index is 10.7. The molecule has 1 atom stereocenters. The Labute approximate surface area is 66.5 Å². The van der Waals surface area contributed by atoms with Gasteiger partial charge in [-0.25, -0.2) is 5.48 Å². The molecule has 4 nitrogen and oxygen atoms in total. The molecule has 66 valence electrons. The van der Waals surface area contributed by atoms with Crippen LogP contribution in [0.4, 0.5) is 0 Å². The second-order valence-corrected chi connectivity index (χ2v) is 2.44. The van der Waals surface area contributed by atoms with Crippen molar-refractivity contribution in [1.29, 1.82) is 0 Å². The lowest BCUT2D eigenvalue weighted by atomic mass is 10.3. The van der Waals surface area contributed by atoms with Crippen molar-refractivity contribution in [2.75, 3.05) is 6.61 Å². The highest BCUT2D eigenvalue weighted by molar-refractivity contribution is 5.74. The lowest BCUT2D eigenvalue weighted by molar-refractivity contribution is -0.135. The van der Waals surface area contributed by atoms with E-state index in [1.807, 2.05) is 6.92 Å². The van der Waals surface area contributed by atoms with E-state index in [0.717, 1.165) is 6.42 Å². The Hall–Kier alpha value is -0.610. The van der Waals surface area contributed by atoms with Crippen LogP contribution in [0.2, 0.25) is 0 Å². The Morgan fingerprint density at radius 1 is 1.73 bits per heavy atom. The van der Waals surface area contributed by atoms with Crippen molar-refractivity contribution in [1.82, 2.24) is 5.48 Å². The molecule has 0 aliphatic carbocycles. The molecule has 4 heteroatoms. The second-order valence-electron chi connectivity index (χ2n) is 2.44. The lowest BCUT2D eigenvalue weighted by Gasteiger charge is -2.05. The van der Waals surface area contributed by atoms with E-state index < -0.39 is 6.10 Å². The minimum absolute atomic E-state index is 0.134. The SMILES string of the molecule is CCCC(=O)NOC[C@@H](C)O. The zero-order valence-corrected chi connectivity index (χ0v) is 6.96. The number of carbonyl (C=O) groups excluding carboxylic acids is 1. The molecule has 0 radical (unpaired) electrons. The maximum Gasteiger partial charge on any atom is 0.243 e. The summed E-state index contributed by atoms with van der Waals surface area (Å²) < 4.78 is 0. The van der Waals surface area contributed by atoms with Crippen molar-refractivity contribution in [3.63, 3.8) is 0 Å². The van der Waals surface area contributed by atoms with E-state index in [2.05, 4.69) is 10.3 Å². The topological polar surface area (TPSA) is 58.6 Å². The van der Waals surface area contributed by atoms with Crippen LogP contribution >= 0.6 is 0 Å². The number of nitrogens with one attached hydrogen (secondary N) is 1. The zero-order valence-electron chi connectivity index (χ0n) is 6.96. The van der Waals surface area contributed by atoms with Crippen LogP contribution in [0.3, 0.4) is 0 Å². The van der Waals surface area contributed by atoms with Gasteiger partial charge in [-0.15, -0.1) is 0 Å². The van der Waals surface area contributed by atoms with Gasteiger partial charge in [0.15, 0.2) is 0 Å². The van der Waals surface area contributed by atoms with Gasteiger partial charge in [-0.05, 0) is 13.3 Å². The standard InChI is InChI=1S/C7H15NO3/c1-3-4-7(10)8-11-5-6(2)9/h6,9H,3-5H2,1-2H3,(H,8,10)/t6-/m1/s1. The van der Waals surface area contributed by atoms with Gasteiger partial charge in [-0.2, -0.15) is 0 Å². The normalized spacial score (nSPS) is 12.6. The number of aliphatic hydroxyl groups excluding tert-OH is 1. The fourth-order valence-electron chi connectivity index (χ4n) is 0.521. The molecule has 0 aliphatic rings.